The molecule has 2 aliphatic heterocycles. The van der Waals surface area contributed by atoms with E-state index in [1.54, 1.807) is 38.3 Å². The molecule has 0 atom stereocenters. The molecule has 13 heteroatoms. The van der Waals surface area contributed by atoms with Crippen LogP contribution in [-0.2, 0) is 14.8 Å². The van der Waals surface area contributed by atoms with E-state index in [-0.39, 0.29) is 10.9 Å². The summed E-state index contributed by atoms with van der Waals surface area (Å²) in [5.74, 6) is 1.92. The molecule has 43 heavy (non-hydrogen) atoms. The molecule has 3 N–H and O–H groups in total. The number of hydrogen-bond donors (Lipinski definition) is 3. The van der Waals surface area contributed by atoms with Crippen LogP contribution in [0.25, 0.3) is 0 Å². The number of ether oxygens (including phenoxy) is 1. The third-order valence-corrected chi connectivity index (χ3v) is 8.99. The Morgan fingerprint density at radius 3 is 2.33 bits per heavy atom. The number of nitrogens with zero attached hydrogens (tertiary/aromatic N) is 4. The summed E-state index contributed by atoms with van der Waals surface area (Å²) in [6.45, 7) is 5.47. The van der Waals surface area contributed by atoms with E-state index in [0.29, 0.717) is 46.5 Å². The number of nitrogens with one attached hydrogen (secondary N) is 3. The second-order valence-electron chi connectivity index (χ2n) is 11.1. The normalized spacial score (nSPS) is 17.0. The summed E-state index contributed by atoms with van der Waals surface area (Å²) in [7, 11) is -1.84. The van der Waals surface area contributed by atoms with Crippen LogP contribution in [0.1, 0.15) is 44.1 Å². The molecule has 0 spiro atoms. The Balaban J connectivity index is 1.24. The number of para-hydroxylation sites is 2. The Morgan fingerprint density at radius 1 is 0.977 bits per heavy atom. The third kappa shape index (κ3) is 7.87. The summed E-state index contributed by atoms with van der Waals surface area (Å²) in [5.41, 5.74) is 2.82. The standard InChI is InChI=1S/C30H38ClN7O4S/c1-20(39)37-16-12-23(13-17-37)38-14-10-21(11-15-38)22-8-9-27(28(18-22)42-2)34-30-32-19-24(31)29(35-30)33-25-6-4-5-7-26(25)36-43(3,40)41/h4-9,18-19,21,23,36H,10-17H2,1-3H3,(H2,32,33,34,35). The van der Waals surface area contributed by atoms with Gasteiger partial charge in [-0.1, -0.05) is 29.8 Å². The summed E-state index contributed by atoms with van der Waals surface area (Å²) in [4.78, 5) is 25.1. The molecule has 0 saturated carbocycles. The van der Waals surface area contributed by atoms with Crippen LogP contribution in [0.2, 0.25) is 5.02 Å². The highest BCUT2D eigenvalue weighted by Crippen LogP contribution is 2.36. The maximum absolute atomic E-state index is 11.8. The average molecular weight is 628 g/mol. The average Bonchev–Trinajstić information content (AvgIpc) is 2.99. The topological polar surface area (TPSA) is 129 Å². The molecule has 0 radical (unpaired) electrons. The monoisotopic (exact) mass is 627 g/mol. The van der Waals surface area contributed by atoms with Crippen molar-refractivity contribution in [3.63, 3.8) is 0 Å². The fraction of sp³-hybridized carbons (Fsp3) is 0.433. The van der Waals surface area contributed by atoms with Gasteiger partial charge in [0.1, 0.15) is 10.8 Å². The SMILES string of the molecule is COc1cc(C2CCN(C3CCN(C(C)=O)CC3)CC2)ccc1Nc1ncc(Cl)c(Nc2ccccc2NS(C)(=O)=O)n1. The van der Waals surface area contributed by atoms with E-state index in [2.05, 4.69) is 42.4 Å². The molecule has 2 aromatic carbocycles. The molecule has 0 bridgehead atoms. The lowest BCUT2D eigenvalue weighted by Gasteiger charge is -2.41. The van der Waals surface area contributed by atoms with E-state index in [1.165, 1.54) is 11.8 Å². The fourth-order valence-electron chi connectivity index (χ4n) is 5.85. The van der Waals surface area contributed by atoms with Crippen LogP contribution < -0.4 is 20.1 Å². The third-order valence-electron chi connectivity index (χ3n) is 8.12. The molecule has 0 aliphatic carbocycles. The maximum Gasteiger partial charge on any atom is 0.229 e. The number of carbonyl (C=O) groups is 1. The Bertz CT molecular complexity index is 1560. The second-order valence-corrected chi connectivity index (χ2v) is 13.2. The Hall–Kier alpha value is -3.61. The zero-order valence-corrected chi connectivity index (χ0v) is 26.2. The van der Waals surface area contributed by atoms with Crippen LogP contribution in [-0.4, -0.2) is 79.7 Å². The summed E-state index contributed by atoms with van der Waals surface area (Å²) in [6.07, 6.45) is 6.82. The number of amides is 1. The number of halogens is 1. The van der Waals surface area contributed by atoms with E-state index < -0.39 is 10.0 Å². The highest BCUT2D eigenvalue weighted by Gasteiger charge is 2.29. The van der Waals surface area contributed by atoms with Crippen molar-refractivity contribution in [1.82, 2.24) is 19.8 Å². The highest BCUT2D eigenvalue weighted by molar-refractivity contribution is 7.92. The molecule has 1 amide bonds. The first kappa shape index (κ1) is 30.8. The lowest BCUT2D eigenvalue weighted by Crippen LogP contribution is -2.48. The highest BCUT2D eigenvalue weighted by atomic mass is 35.5. The van der Waals surface area contributed by atoms with Crippen molar-refractivity contribution in [2.24, 2.45) is 0 Å². The van der Waals surface area contributed by atoms with Crippen LogP contribution in [0.4, 0.5) is 28.8 Å². The number of likely N-dealkylation sites (tertiary alicyclic amines) is 2. The van der Waals surface area contributed by atoms with Gasteiger partial charge >= 0.3 is 0 Å². The van der Waals surface area contributed by atoms with E-state index in [9.17, 15) is 13.2 Å². The molecular weight excluding hydrogens is 590 g/mol. The van der Waals surface area contributed by atoms with Gasteiger partial charge in [-0.3, -0.25) is 9.52 Å². The molecule has 2 saturated heterocycles. The quantitative estimate of drug-likeness (QED) is 0.294. The number of aromatic nitrogens is 2. The number of rotatable bonds is 9. The Labute approximate surface area is 258 Å². The predicted molar refractivity (Wildman–Crippen MR) is 170 cm³/mol. The minimum Gasteiger partial charge on any atom is -0.495 e. The lowest BCUT2D eigenvalue weighted by atomic mass is 9.87. The molecule has 2 aliphatic rings. The van der Waals surface area contributed by atoms with Gasteiger partial charge in [0.15, 0.2) is 5.82 Å². The van der Waals surface area contributed by atoms with Crippen LogP contribution in [0.3, 0.4) is 0 Å². The molecule has 11 nitrogen and oxygen atoms in total. The molecule has 5 rings (SSSR count). The number of piperidine rings is 2. The first-order valence-corrected chi connectivity index (χ1v) is 16.7. The van der Waals surface area contributed by atoms with Gasteiger partial charge in [-0.15, -0.1) is 0 Å². The van der Waals surface area contributed by atoms with Crippen LogP contribution >= 0.6 is 11.6 Å². The number of sulfonamides is 1. The van der Waals surface area contributed by atoms with Crippen molar-refractivity contribution in [2.45, 2.75) is 44.6 Å². The van der Waals surface area contributed by atoms with Gasteiger partial charge in [0.2, 0.25) is 21.9 Å². The molecule has 0 unspecified atom stereocenters. The summed E-state index contributed by atoms with van der Waals surface area (Å²) in [6, 6.07) is 13.6. The lowest BCUT2D eigenvalue weighted by molar-refractivity contribution is -0.130. The maximum atomic E-state index is 11.8. The zero-order chi connectivity index (χ0) is 30.6. The number of methoxy groups -OCH3 is 1. The van der Waals surface area contributed by atoms with Gasteiger partial charge in [0.25, 0.3) is 0 Å². The summed E-state index contributed by atoms with van der Waals surface area (Å²) in [5, 5.41) is 6.61. The van der Waals surface area contributed by atoms with Crippen molar-refractivity contribution in [3.8, 4) is 5.75 Å². The molecule has 3 heterocycles. The van der Waals surface area contributed by atoms with Gasteiger partial charge in [0.05, 0.1) is 36.6 Å². The molecular formula is C30H38ClN7O4S. The van der Waals surface area contributed by atoms with E-state index in [4.69, 9.17) is 16.3 Å². The first-order valence-electron chi connectivity index (χ1n) is 14.4. The largest absolute Gasteiger partial charge is 0.495 e. The van der Waals surface area contributed by atoms with Gasteiger partial charge < -0.3 is 25.2 Å². The number of benzene rings is 2. The van der Waals surface area contributed by atoms with Gasteiger partial charge in [0, 0.05) is 26.1 Å². The number of hydrogen-bond acceptors (Lipinski definition) is 9. The van der Waals surface area contributed by atoms with E-state index in [1.807, 2.05) is 11.0 Å². The predicted octanol–water partition coefficient (Wildman–Crippen LogP) is 5.19. The smallest absolute Gasteiger partial charge is 0.229 e. The number of carbonyl (C=O) groups excluding carboxylic acids is 1. The van der Waals surface area contributed by atoms with E-state index in [0.717, 1.165) is 58.1 Å². The van der Waals surface area contributed by atoms with Crippen molar-refractivity contribution in [1.29, 1.82) is 0 Å². The van der Waals surface area contributed by atoms with Crippen molar-refractivity contribution < 1.29 is 17.9 Å². The van der Waals surface area contributed by atoms with Gasteiger partial charge in [-0.05, 0) is 74.5 Å². The van der Waals surface area contributed by atoms with Gasteiger partial charge in [-0.2, -0.15) is 4.98 Å². The molecule has 2 fully saturated rings. The first-order chi connectivity index (χ1) is 20.6. The summed E-state index contributed by atoms with van der Waals surface area (Å²) >= 11 is 6.38. The second kappa shape index (κ2) is 13.4. The summed E-state index contributed by atoms with van der Waals surface area (Å²) < 4.78 is 31.8. The van der Waals surface area contributed by atoms with Crippen molar-refractivity contribution in [3.05, 3.63) is 59.2 Å². The molecule has 230 valence electrons. The zero-order valence-electron chi connectivity index (χ0n) is 24.6. The molecule has 1 aromatic heterocycles. The van der Waals surface area contributed by atoms with Crippen molar-refractivity contribution in [2.75, 3.05) is 54.9 Å². The van der Waals surface area contributed by atoms with Crippen LogP contribution in [0.15, 0.2) is 48.7 Å². The Kier molecular flexibility index (Phi) is 9.58. The fourth-order valence-corrected chi connectivity index (χ4v) is 6.57. The van der Waals surface area contributed by atoms with E-state index >= 15 is 0 Å². The van der Waals surface area contributed by atoms with Gasteiger partial charge in [-0.25, -0.2) is 13.4 Å². The minimum atomic E-state index is -3.48. The number of anilines is 5. The Morgan fingerprint density at radius 2 is 1.67 bits per heavy atom. The van der Waals surface area contributed by atoms with Crippen LogP contribution in [0.5, 0.6) is 5.75 Å². The van der Waals surface area contributed by atoms with Crippen LogP contribution in [0, 0.1) is 0 Å². The van der Waals surface area contributed by atoms with Crippen molar-refractivity contribution >= 4 is 56.4 Å². The molecule has 3 aromatic rings. The minimum absolute atomic E-state index is 0.175.